The molecule has 2 aliphatic heterocycles. The van der Waals surface area contributed by atoms with E-state index >= 15 is 0 Å². The van der Waals surface area contributed by atoms with Crippen molar-refractivity contribution in [3.8, 4) is 0 Å². The van der Waals surface area contributed by atoms with E-state index in [0.29, 0.717) is 19.6 Å². The minimum Gasteiger partial charge on any atom is -0.383 e. The third-order valence-corrected chi connectivity index (χ3v) is 5.67. The maximum atomic E-state index is 12.4. The van der Waals surface area contributed by atoms with Crippen molar-refractivity contribution in [1.29, 1.82) is 0 Å². The number of thiophene rings is 1. The minimum absolute atomic E-state index is 0.0665. The van der Waals surface area contributed by atoms with Gasteiger partial charge in [0.15, 0.2) is 0 Å². The van der Waals surface area contributed by atoms with E-state index in [1.54, 1.807) is 7.11 Å². The lowest BCUT2D eigenvalue weighted by molar-refractivity contribution is -0.128. The number of carbonyl (C=O) groups is 2. The molecule has 0 saturated carbocycles. The SMILES string of the molecule is COCCN1CC2(CCN(C(=O)c3cccs3)CC2)CC1=O. The maximum absolute atomic E-state index is 12.4. The Hall–Kier alpha value is -1.40. The molecule has 0 N–H and O–H groups in total. The quantitative estimate of drug-likeness (QED) is 0.850. The summed E-state index contributed by atoms with van der Waals surface area (Å²) >= 11 is 1.49. The fraction of sp³-hybridized carbons (Fsp3) is 0.625. The molecule has 0 aliphatic carbocycles. The molecule has 2 amide bonds. The smallest absolute Gasteiger partial charge is 0.263 e. The highest BCUT2D eigenvalue weighted by Crippen LogP contribution is 2.41. The summed E-state index contributed by atoms with van der Waals surface area (Å²) in [5.74, 6) is 0.362. The van der Waals surface area contributed by atoms with Crippen LogP contribution in [-0.2, 0) is 9.53 Å². The van der Waals surface area contributed by atoms with E-state index in [2.05, 4.69) is 0 Å². The van der Waals surface area contributed by atoms with Gasteiger partial charge in [-0.2, -0.15) is 0 Å². The Morgan fingerprint density at radius 2 is 2.18 bits per heavy atom. The Bertz CT molecular complexity index is 536. The molecule has 1 aromatic heterocycles. The Kier molecular flexibility index (Phi) is 4.49. The Labute approximate surface area is 134 Å². The first-order chi connectivity index (χ1) is 10.6. The van der Waals surface area contributed by atoms with Crippen molar-refractivity contribution in [2.45, 2.75) is 19.3 Å². The lowest BCUT2D eigenvalue weighted by Crippen LogP contribution is -2.44. The lowest BCUT2D eigenvalue weighted by Gasteiger charge is -2.38. The van der Waals surface area contributed by atoms with Crippen LogP contribution in [-0.4, -0.2) is 61.5 Å². The Morgan fingerprint density at radius 1 is 1.41 bits per heavy atom. The number of nitrogens with zero attached hydrogens (tertiary/aromatic N) is 2. The molecule has 0 unspecified atom stereocenters. The van der Waals surface area contributed by atoms with Crippen LogP contribution in [0.1, 0.15) is 28.9 Å². The van der Waals surface area contributed by atoms with E-state index in [1.807, 2.05) is 27.3 Å². The average molecular weight is 322 g/mol. The molecule has 2 aliphatic rings. The molecule has 22 heavy (non-hydrogen) atoms. The van der Waals surface area contributed by atoms with Crippen LogP contribution >= 0.6 is 11.3 Å². The number of rotatable bonds is 4. The van der Waals surface area contributed by atoms with E-state index < -0.39 is 0 Å². The standard InChI is InChI=1S/C16H22N2O3S/c1-21-9-8-18-12-16(11-14(18)19)4-6-17(7-5-16)15(20)13-3-2-10-22-13/h2-3,10H,4-9,11-12H2,1H3. The average Bonchev–Trinajstić information content (AvgIpc) is 3.14. The van der Waals surface area contributed by atoms with Crippen molar-refractivity contribution in [1.82, 2.24) is 9.80 Å². The molecule has 2 saturated heterocycles. The maximum Gasteiger partial charge on any atom is 0.263 e. The number of ether oxygens (including phenoxy) is 1. The number of amides is 2. The number of methoxy groups -OCH3 is 1. The first kappa shape index (κ1) is 15.5. The fourth-order valence-electron chi connectivity index (χ4n) is 3.46. The zero-order valence-electron chi connectivity index (χ0n) is 12.9. The van der Waals surface area contributed by atoms with E-state index in [0.717, 1.165) is 37.4 Å². The summed E-state index contributed by atoms with van der Waals surface area (Å²) in [6.45, 7) is 3.58. The van der Waals surface area contributed by atoms with Crippen molar-refractivity contribution < 1.29 is 14.3 Å². The molecule has 1 spiro atoms. The predicted octanol–water partition coefficient (Wildman–Crippen LogP) is 1.85. The first-order valence-electron chi connectivity index (χ1n) is 7.73. The Morgan fingerprint density at radius 3 is 2.82 bits per heavy atom. The van der Waals surface area contributed by atoms with Crippen LogP contribution in [0.15, 0.2) is 17.5 Å². The van der Waals surface area contributed by atoms with Gasteiger partial charge in [0.1, 0.15) is 0 Å². The molecule has 3 rings (SSSR count). The largest absolute Gasteiger partial charge is 0.383 e. The van der Waals surface area contributed by atoms with Gasteiger partial charge >= 0.3 is 0 Å². The van der Waals surface area contributed by atoms with Gasteiger partial charge in [-0.3, -0.25) is 9.59 Å². The van der Waals surface area contributed by atoms with Crippen LogP contribution in [0.5, 0.6) is 0 Å². The zero-order chi connectivity index (χ0) is 15.6. The van der Waals surface area contributed by atoms with E-state index in [4.69, 9.17) is 4.74 Å². The fourth-order valence-corrected chi connectivity index (χ4v) is 4.15. The van der Waals surface area contributed by atoms with Gasteiger partial charge in [0.2, 0.25) is 5.91 Å². The lowest BCUT2D eigenvalue weighted by atomic mass is 9.77. The van der Waals surface area contributed by atoms with Gasteiger partial charge in [-0.15, -0.1) is 11.3 Å². The molecule has 0 atom stereocenters. The van der Waals surface area contributed by atoms with Crippen LogP contribution in [0.2, 0.25) is 0 Å². The first-order valence-corrected chi connectivity index (χ1v) is 8.61. The molecule has 0 radical (unpaired) electrons. The van der Waals surface area contributed by atoms with Gasteiger partial charge in [-0.05, 0) is 24.3 Å². The van der Waals surface area contributed by atoms with Crippen LogP contribution in [0, 0.1) is 5.41 Å². The van der Waals surface area contributed by atoms with Crippen LogP contribution in [0.4, 0.5) is 0 Å². The summed E-state index contributed by atoms with van der Waals surface area (Å²) < 4.78 is 5.07. The summed E-state index contributed by atoms with van der Waals surface area (Å²) in [6.07, 6.45) is 2.45. The normalized spacial score (nSPS) is 20.9. The van der Waals surface area contributed by atoms with E-state index in [1.165, 1.54) is 11.3 Å². The molecule has 0 aromatic carbocycles. The number of hydrogen-bond donors (Lipinski definition) is 0. The summed E-state index contributed by atoms with van der Waals surface area (Å²) in [7, 11) is 1.66. The second kappa shape index (κ2) is 6.38. The summed E-state index contributed by atoms with van der Waals surface area (Å²) in [6, 6.07) is 3.79. The van der Waals surface area contributed by atoms with Crippen molar-refractivity contribution in [3.05, 3.63) is 22.4 Å². The molecular formula is C16H22N2O3S. The summed E-state index contributed by atoms with van der Waals surface area (Å²) in [4.78, 5) is 29.2. The minimum atomic E-state index is 0.0665. The second-order valence-corrected chi connectivity index (χ2v) is 7.20. The number of carbonyl (C=O) groups excluding carboxylic acids is 2. The summed E-state index contributed by atoms with van der Waals surface area (Å²) in [5, 5.41) is 1.93. The van der Waals surface area contributed by atoms with Gasteiger partial charge < -0.3 is 14.5 Å². The molecule has 5 nitrogen and oxygen atoms in total. The summed E-state index contributed by atoms with van der Waals surface area (Å²) in [5.41, 5.74) is 0.0665. The van der Waals surface area contributed by atoms with Crippen molar-refractivity contribution in [3.63, 3.8) is 0 Å². The highest BCUT2D eigenvalue weighted by molar-refractivity contribution is 7.12. The van der Waals surface area contributed by atoms with E-state index in [9.17, 15) is 9.59 Å². The Balaban J connectivity index is 1.57. The topological polar surface area (TPSA) is 49.9 Å². The predicted molar refractivity (Wildman–Crippen MR) is 85.0 cm³/mol. The highest BCUT2D eigenvalue weighted by atomic mass is 32.1. The molecule has 0 bridgehead atoms. The van der Waals surface area contributed by atoms with Crippen molar-refractivity contribution >= 4 is 23.2 Å². The van der Waals surface area contributed by atoms with Gasteiger partial charge in [0.25, 0.3) is 5.91 Å². The van der Waals surface area contributed by atoms with Crippen LogP contribution in [0.3, 0.4) is 0 Å². The monoisotopic (exact) mass is 322 g/mol. The van der Waals surface area contributed by atoms with Crippen molar-refractivity contribution in [2.75, 3.05) is 39.9 Å². The van der Waals surface area contributed by atoms with Gasteiger partial charge in [-0.1, -0.05) is 6.07 Å². The number of piperidine rings is 1. The molecule has 2 fully saturated rings. The van der Waals surface area contributed by atoms with E-state index in [-0.39, 0.29) is 17.2 Å². The molecular weight excluding hydrogens is 300 g/mol. The molecule has 1 aromatic rings. The third kappa shape index (κ3) is 3.03. The number of hydrogen-bond acceptors (Lipinski definition) is 4. The number of likely N-dealkylation sites (tertiary alicyclic amines) is 2. The second-order valence-electron chi connectivity index (χ2n) is 6.25. The van der Waals surface area contributed by atoms with Gasteiger partial charge in [-0.25, -0.2) is 0 Å². The van der Waals surface area contributed by atoms with Gasteiger partial charge in [0.05, 0.1) is 11.5 Å². The highest BCUT2D eigenvalue weighted by Gasteiger charge is 2.45. The molecule has 6 heteroatoms. The molecule has 3 heterocycles. The van der Waals surface area contributed by atoms with Crippen LogP contribution in [0.25, 0.3) is 0 Å². The van der Waals surface area contributed by atoms with Crippen molar-refractivity contribution in [2.24, 2.45) is 5.41 Å². The third-order valence-electron chi connectivity index (χ3n) is 4.81. The zero-order valence-corrected chi connectivity index (χ0v) is 13.7. The molecule has 120 valence electrons. The van der Waals surface area contributed by atoms with Gasteiger partial charge in [0, 0.05) is 45.1 Å². The van der Waals surface area contributed by atoms with Crippen LogP contribution < -0.4 is 0 Å².